The lowest BCUT2D eigenvalue weighted by Crippen LogP contribution is -2.43. The van der Waals surface area contributed by atoms with Gasteiger partial charge in [-0.05, 0) is 50.1 Å². The maximum Gasteiger partial charge on any atom is 0.0460 e. The van der Waals surface area contributed by atoms with Crippen molar-refractivity contribution in [3.05, 3.63) is 0 Å². The van der Waals surface area contributed by atoms with Crippen LogP contribution in [0.15, 0.2) is 0 Å². The Labute approximate surface area is 121 Å². The van der Waals surface area contributed by atoms with Crippen LogP contribution >= 0.6 is 15.9 Å². The summed E-state index contributed by atoms with van der Waals surface area (Å²) in [5, 5.41) is 10.3. The van der Waals surface area contributed by atoms with Crippen molar-refractivity contribution in [2.75, 3.05) is 31.6 Å². The minimum atomic E-state index is 0.376. The van der Waals surface area contributed by atoms with E-state index in [4.69, 9.17) is 0 Å². The van der Waals surface area contributed by atoms with Crippen LogP contribution in [-0.4, -0.2) is 41.6 Å². The van der Waals surface area contributed by atoms with Crippen molar-refractivity contribution in [2.24, 2.45) is 11.3 Å². The van der Waals surface area contributed by atoms with Crippen LogP contribution in [0.4, 0.5) is 0 Å². The second-order valence-electron chi connectivity index (χ2n) is 6.04. The highest BCUT2D eigenvalue weighted by Gasteiger charge is 2.31. The van der Waals surface area contributed by atoms with Gasteiger partial charge in [-0.2, -0.15) is 0 Å². The molecule has 1 fully saturated rings. The number of alkyl halides is 1. The Hall–Kier alpha value is 0.400. The Bertz CT molecular complexity index is 209. The summed E-state index contributed by atoms with van der Waals surface area (Å²) in [5.41, 5.74) is 0.468. The van der Waals surface area contributed by atoms with E-state index in [1.165, 1.54) is 58.2 Å². The Kier molecular flexibility index (Phi) is 7.81. The quantitative estimate of drug-likeness (QED) is 0.690. The molecule has 108 valence electrons. The van der Waals surface area contributed by atoms with Crippen molar-refractivity contribution in [2.45, 2.75) is 52.4 Å². The highest BCUT2D eigenvalue weighted by molar-refractivity contribution is 9.09. The Morgan fingerprint density at radius 1 is 1.17 bits per heavy atom. The zero-order valence-electron chi connectivity index (χ0n) is 12.1. The van der Waals surface area contributed by atoms with Gasteiger partial charge in [0, 0.05) is 18.5 Å². The molecular weight excluding hydrogens is 290 g/mol. The molecule has 0 spiro atoms. The molecule has 0 aromatic heterocycles. The fourth-order valence-corrected chi connectivity index (χ4v) is 4.06. The monoisotopic (exact) mass is 319 g/mol. The molecule has 0 aromatic rings. The van der Waals surface area contributed by atoms with Crippen molar-refractivity contribution in [3.8, 4) is 0 Å². The molecule has 1 saturated heterocycles. The average molecular weight is 320 g/mol. The number of hydrogen-bond donors (Lipinski definition) is 1. The standard InChI is InChI=1S/C15H30BrNO/c1-3-7-15(12-16,8-4-2)13-17-9-5-14(11-18)6-10-17/h14,18H,3-13H2,1-2H3. The topological polar surface area (TPSA) is 23.5 Å². The Balaban J connectivity index is 2.50. The summed E-state index contributed by atoms with van der Waals surface area (Å²) in [6.07, 6.45) is 7.55. The molecule has 18 heavy (non-hydrogen) atoms. The van der Waals surface area contributed by atoms with E-state index in [0.717, 1.165) is 5.33 Å². The number of aliphatic hydroxyl groups excluding tert-OH is 1. The maximum absolute atomic E-state index is 9.20. The smallest absolute Gasteiger partial charge is 0.0460 e. The lowest BCUT2D eigenvalue weighted by atomic mass is 9.80. The van der Waals surface area contributed by atoms with Crippen LogP contribution < -0.4 is 0 Å². The van der Waals surface area contributed by atoms with E-state index in [9.17, 15) is 5.11 Å². The predicted molar refractivity (Wildman–Crippen MR) is 82.3 cm³/mol. The molecular formula is C15H30BrNO. The fourth-order valence-electron chi connectivity index (χ4n) is 3.32. The maximum atomic E-state index is 9.20. The summed E-state index contributed by atoms with van der Waals surface area (Å²) in [6.45, 7) is 8.55. The minimum Gasteiger partial charge on any atom is -0.396 e. The molecule has 1 aliphatic heterocycles. The summed E-state index contributed by atoms with van der Waals surface area (Å²) < 4.78 is 0. The van der Waals surface area contributed by atoms with Gasteiger partial charge in [-0.1, -0.05) is 42.6 Å². The van der Waals surface area contributed by atoms with Crippen LogP contribution in [-0.2, 0) is 0 Å². The van der Waals surface area contributed by atoms with Gasteiger partial charge < -0.3 is 10.0 Å². The summed E-state index contributed by atoms with van der Waals surface area (Å²) in [5.74, 6) is 0.553. The molecule has 0 aliphatic carbocycles. The van der Waals surface area contributed by atoms with Gasteiger partial charge in [0.2, 0.25) is 0 Å². The van der Waals surface area contributed by atoms with Crippen molar-refractivity contribution in [1.82, 2.24) is 4.90 Å². The first-order valence-electron chi connectivity index (χ1n) is 7.59. The van der Waals surface area contributed by atoms with Crippen molar-refractivity contribution in [3.63, 3.8) is 0 Å². The first-order chi connectivity index (χ1) is 8.69. The molecule has 3 heteroatoms. The summed E-state index contributed by atoms with van der Waals surface area (Å²) in [4.78, 5) is 2.62. The third-order valence-corrected chi connectivity index (χ3v) is 5.56. The van der Waals surface area contributed by atoms with Crippen LogP contribution in [0.2, 0.25) is 0 Å². The predicted octanol–water partition coefficient (Wildman–Crippen LogP) is 3.67. The Morgan fingerprint density at radius 2 is 1.72 bits per heavy atom. The molecule has 0 aromatic carbocycles. The van der Waals surface area contributed by atoms with Crippen LogP contribution in [0.5, 0.6) is 0 Å². The van der Waals surface area contributed by atoms with Gasteiger partial charge in [0.1, 0.15) is 0 Å². The SMILES string of the molecule is CCCC(CBr)(CCC)CN1CCC(CO)CC1. The van der Waals surface area contributed by atoms with Crippen LogP contribution in [0.3, 0.4) is 0 Å². The molecule has 1 N–H and O–H groups in total. The van der Waals surface area contributed by atoms with E-state index in [-0.39, 0.29) is 0 Å². The zero-order chi connectivity index (χ0) is 13.4. The molecule has 1 aliphatic rings. The van der Waals surface area contributed by atoms with Crippen molar-refractivity contribution >= 4 is 15.9 Å². The van der Waals surface area contributed by atoms with E-state index in [1.807, 2.05) is 0 Å². The normalized spacial score (nSPS) is 19.3. The molecule has 0 radical (unpaired) electrons. The first kappa shape index (κ1) is 16.5. The summed E-state index contributed by atoms with van der Waals surface area (Å²) in [7, 11) is 0. The number of likely N-dealkylation sites (tertiary alicyclic amines) is 1. The third kappa shape index (κ3) is 4.82. The average Bonchev–Trinajstić information content (AvgIpc) is 2.40. The largest absolute Gasteiger partial charge is 0.396 e. The third-order valence-electron chi connectivity index (χ3n) is 4.37. The van der Waals surface area contributed by atoms with Gasteiger partial charge in [-0.3, -0.25) is 0 Å². The summed E-state index contributed by atoms with van der Waals surface area (Å²) in [6, 6.07) is 0. The van der Waals surface area contributed by atoms with Gasteiger partial charge in [-0.15, -0.1) is 0 Å². The van der Waals surface area contributed by atoms with Crippen LogP contribution in [0.1, 0.15) is 52.4 Å². The molecule has 1 rings (SSSR count). The van der Waals surface area contributed by atoms with E-state index in [2.05, 4.69) is 34.7 Å². The second-order valence-corrected chi connectivity index (χ2v) is 6.60. The number of piperidine rings is 1. The van der Waals surface area contributed by atoms with E-state index < -0.39 is 0 Å². The van der Waals surface area contributed by atoms with E-state index in [0.29, 0.717) is 17.9 Å². The van der Waals surface area contributed by atoms with Gasteiger partial charge >= 0.3 is 0 Å². The van der Waals surface area contributed by atoms with Gasteiger partial charge in [0.25, 0.3) is 0 Å². The molecule has 0 unspecified atom stereocenters. The van der Waals surface area contributed by atoms with Gasteiger partial charge in [-0.25, -0.2) is 0 Å². The number of nitrogens with zero attached hydrogens (tertiary/aromatic N) is 1. The number of hydrogen-bond acceptors (Lipinski definition) is 2. The molecule has 0 amide bonds. The van der Waals surface area contributed by atoms with Gasteiger partial charge in [0.15, 0.2) is 0 Å². The van der Waals surface area contributed by atoms with Gasteiger partial charge in [0.05, 0.1) is 0 Å². The number of aliphatic hydroxyl groups is 1. The lowest BCUT2D eigenvalue weighted by Gasteiger charge is -2.40. The highest BCUT2D eigenvalue weighted by atomic mass is 79.9. The fraction of sp³-hybridized carbons (Fsp3) is 1.00. The molecule has 1 heterocycles. The van der Waals surface area contributed by atoms with Crippen molar-refractivity contribution in [1.29, 1.82) is 0 Å². The molecule has 0 saturated carbocycles. The molecule has 2 nitrogen and oxygen atoms in total. The zero-order valence-corrected chi connectivity index (χ0v) is 13.7. The van der Waals surface area contributed by atoms with E-state index >= 15 is 0 Å². The first-order valence-corrected chi connectivity index (χ1v) is 8.71. The van der Waals surface area contributed by atoms with E-state index in [1.54, 1.807) is 0 Å². The molecule has 0 bridgehead atoms. The highest BCUT2D eigenvalue weighted by Crippen LogP contribution is 2.34. The summed E-state index contributed by atoms with van der Waals surface area (Å²) >= 11 is 3.76. The van der Waals surface area contributed by atoms with Crippen molar-refractivity contribution < 1.29 is 5.11 Å². The van der Waals surface area contributed by atoms with Crippen LogP contribution in [0, 0.1) is 11.3 Å². The number of rotatable bonds is 8. The molecule has 0 atom stereocenters. The number of halogens is 1. The van der Waals surface area contributed by atoms with Crippen LogP contribution in [0.25, 0.3) is 0 Å². The Morgan fingerprint density at radius 3 is 2.11 bits per heavy atom. The second kappa shape index (κ2) is 8.55. The minimum absolute atomic E-state index is 0.376. The lowest BCUT2D eigenvalue weighted by molar-refractivity contribution is 0.0887.